The van der Waals surface area contributed by atoms with Crippen molar-refractivity contribution in [3.63, 3.8) is 0 Å². The summed E-state index contributed by atoms with van der Waals surface area (Å²) in [6, 6.07) is 8.15. The van der Waals surface area contributed by atoms with E-state index < -0.39 is 6.10 Å². The van der Waals surface area contributed by atoms with E-state index in [2.05, 4.69) is 10.6 Å². The molecular weight excluding hydrogens is 252 g/mol. The summed E-state index contributed by atoms with van der Waals surface area (Å²) in [5, 5.41) is 6.18. The second-order valence-electron chi connectivity index (χ2n) is 5.39. The fourth-order valence-electron chi connectivity index (χ4n) is 2.59. The number of amides is 1. The lowest BCUT2D eigenvalue weighted by molar-refractivity contribution is -0.128. The van der Waals surface area contributed by atoms with E-state index >= 15 is 0 Å². The Kier molecular flexibility index (Phi) is 5.41. The molecule has 20 heavy (non-hydrogen) atoms. The second kappa shape index (κ2) is 7.29. The molecule has 1 aliphatic rings. The van der Waals surface area contributed by atoms with Gasteiger partial charge in [0.15, 0.2) is 6.10 Å². The van der Waals surface area contributed by atoms with E-state index in [1.165, 1.54) is 12.8 Å². The number of benzene rings is 1. The highest BCUT2D eigenvalue weighted by Gasteiger charge is 2.22. The van der Waals surface area contributed by atoms with Crippen molar-refractivity contribution in [2.75, 3.05) is 7.05 Å². The van der Waals surface area contributed by atoms with Crippen LogP contribution < -0.4 is 15.4 Å². The van der Waals surface area contributed by atoms with Gasteiger partial charge in [0.1, 0.15) is 5.75 Å². The molecule has 0 saturated heterocycles. The van der Waals surface area contributed by atoms with Crippen LogP contribution in [0.2, 0.25) is 0 Å². The van der Waals surface area contributed by atoms with Crippen LogP contribution in [0.15, 0.2) is 24.3 Å². The van der Waals surface area contributed by atoms with Crippen LogP contribution in [0.3, 0.4) is 0 Å². The lowest BCUT2D eigenvalue weighted by Gasteiger charge is -2.19. The largest absolute Gasteiger partial charge is 0.481 e. The van der Waals surface area contributed by atoms with Crippen molar-refractivity contribution in [2.24, 2.45) is 0 Å². The fourth-order valence-corrected chi connectivity index (χ4v) is 2.59. The zero-order chi connectivity index (χ0) is 14.4. The van der Waals surface area contributed by atoms with Crippen molar-refractivity contribution in [1.29, 1.82) is 0 Å². The number of hydrogen-bond acceptors (Lipinski definition) is 3. The fraction of sp³-hybridized carbons (Fsp3) is 0.562. The molecule has 1 fully saturated rings. The van der Waals surface area contributed by atoms with Gasteiger partial charge >= 0.3 is 0 Å². The minimum atomic E-state index is -0.464. The maximum atomic E-state index is 12.1. The Morgan fingerprint density at radius 1 is 1.35 bits per heavy atom. The molecule has 110 valence electrons. The van der Waals surface area contributed by atoms with Crippen LogP contribution in [0.1, 0.15) is 38.2 Å². The lowest BCUT2D eigenvalue weighted by atomic mass is 10.2. The topological polar surface area (TPSA) is 50.4 Å². The third-order valence-corrected chi connectivity index (χ3v) is 3.71. The molecule has 0 spiro atoms. The zero-order valence-corrected chi connectivity index (χ0v) is 12.3. The first-order valence-electron chi connectivity index (χ1n) is 7.40. The van der Waals surface area contributed by atoms with Crippen LogP contribution in [-0.2, 0) is 11.3 Å². The molecule has 4 nitrogen and oxygen atoms in total. The van der Waals surface area contributed by atoms with E-state index in [4.69, 9.17) is 4.74 Å². The van der Waals surface area contributed by atoms with Crippen molar-refractivity contribution in [3.05, 3.63) is 29.8 Å². The molecule has 1 amide bonds. The number of rotatable bonds is 6. The quantitative estimate of drug-likeness (QED) is 0.837. The summed E-state index contributed by atoms with van der Waals surface area (Å²) in [5.41, 5.74) is 1.07. The Balaban J connectivity index is 1.92. The molecule has 1 aromatic rings. The van der Waals surface area contributed by atoms with Gasteiger partial charge in [-0.2, -0.15) is 0 Å². The molecular formula is C16H24N2O2. The average Bonchev–Trinajstić information content (AvgIpc) is 2.94. The molecule has 0 radical (unpaired) electrons. The first-order valence-corrected chi connectivity index (χ1v) is 7.40. The smallest absolute Gasteiger partial charge is 0.260 e. The summed E-state index contributed by atoms with van der Waals surface area (Å²) in [6.07, 6.45) is 4.15. The second-order valence-corrected chi connectivity index (χ2v) is 5.39. The molecule has 1 unspecified atom stereocenters. The first kappa shape index (κ1) is 14.9. The summed E-state index contributed by atoms with van der Waals surface area (Å²) >= 11 is 0. The van der Waals surface area contributed by atoms with Gasteiger partial charge < -0.3 is 15.4 Å². The minimum Gasteiger partial charge on any atom is -0.481 e. The average molecular weight is 276 g/mol. The van der Waals surface area contributed by atoms with Crippen molar-refractivity contribution in [1.82, 2.24) is 10.6 Å². The van der Waals surface area contributed by atoms with Gasteiger partial charge in [0.05, 0.1) is 0 Å². The Bertz CT molecular complexity index is 442. The highest BCUT2D eigenvalue weighted by molar-refractivity contribution is 5.81. The monoisotopic (exact) mass is 276 g/mol. The predicted octanol–water partition coefficient (Wildman–Crippen LogP) is 2.23. The number of hydrogen-bond donors (Lipinski definition) is 2. The Morgan fingerprint density at radius 3 is 2.75 bits per heavy atom. The van der Waals surface area contributed by atoms with E-state index in [0.29, 0.717) is 6.04 Å². The molecule has 0 heterocycles. The predicted molar refractivity (Wildman–Crippen MR) is 79.7 cm³/mol. The van der Waals surface area contributed by atoms with E-state index in [1.54, 1.807) is 6.92 Å². The van der Waals surface area contributed by atoms with Crippen LogP contribution in [0.25, 0.3) is 0 Å². The zero-order valence-electron chi connectivity index (χ0n) is 12.3. The van der Waals surface area contributed by atoms with Gasteiger partial charge in [-0.1, -0.05) is 31.0 Å². The van der Waals surface area contributed by atoms with Gasteiger partial charge in [-0.3, -0.25) is 4.79 Å². The first-order chi connectivity index (χ1) is 9.70. The van der Waals surface area contributed by atoms with Crippen LogP contribution in [0, 0.1) is 0 Å². The Hall–Kier alpha value is -1.55. The van der Waals surface area contributed by atoms with Crippen LogP contribution >= 0.6 is 0 Å². The normalized spacial score (nSPS) is 16.9. The van der Waals surface area contributed by atoms with E-state index in [0.717, 1.165) is 30.7 Å². The van der Waals surface area contributed by atoms with Crippen LogP contribution in [0.4, 0.5) is 0 Å². The molecule has 4 heteroatoms. The maximum Gasteiger partial charge on any atom is 0.260 e. The Morgan fingerprint density at radius 2 is 2.05 bits per heavy atom. The summed E-state index contributed by atoms with van der Waals surface area (Å²) in [7, 11) is 1.90. The van der Waals surface area contributed by atoms with Gasteiger partial charge in [0.25, 0.3) is 5.91 Å². The van der Waals surface area contributed by atoms with Crippen molar-refractivity contribution in [2.45, 2.75) is 51.3 Å². The third-order valence-electron chi connectivity index (χ3n) is 3.71. The van der Waals surface area contributed by atoms with Crippen molar-refractivity contribution < 1.29 is 9.53 Å². The lowest BCUT2D eigenvalue weighted by Crippen LogP contribution is -2.41. The van der Waals surface area contributed by atoms with E-state index in [-0.39, 0.29) is 5.91 Å². The van der Waals surface area contributed by atoms with Crippen LogP contribution in [-0.4, -0.2) is 25.1 Å². The van der Waals surface area contributed by atoms with Gasteiger partial charge in [0.2, 0.25) is 0 Å². The molecule has 1 saturated carbocycles. The Labute approximate surface area is 120 Å². The molecule has 2 rings (SSSR count). The van der Waals surface area contributed by atoms with Crippen molar-refractivity contribution in [3.8, 4) is 5.75 Å². The van der Waals surface area contributed by atoms with Crippen molar-refractivity contribution >= 4 is 5.91 Å². The summed E-state index contributed by atoms with van der Waals surface area (Å²) < 4.78 is 5.82. The van der Waals surface area contributed by atoms with Gasteiger partial charge in [0, 0.05) is 18.2 Å². The van der Waals surface area contributed by atoms with Gasteiger partial charge in [-0.15, -0.1) is 0 Å². The number of carbonyl (C=O) groups excluding carboxylic acids is 1. The molecule has 2 N–H and O–H groups in total. The maximum absolute atomic E-state index is 12.1. The molecule has 0 bridgehead atoms. The number of carbonyl (C=O) groups is 1. The van der Waals surface area contributed by atoms with E-state index in [9.17, 15) is 4.79 Å². The summed E-state index contributed by atoms with van der Waals surface area (Å²) in [4.78, 5) is 12.1. The standard InChI is InChI=1S/C16H24N2O2/c1-12(16(19)18-14-8-4-5-9-14)20-15-10-6-3-7-13(15)11-17-2/h3,6-7,10,12,14,17H,4-5,8-9,11H2,1-2H3,(H,18,19). The molecule has 0 aliphatic heterocycles. The SMILES string of the molecule is CNCc1ccccc1OC(C)C(=O)NC1CCCC1. The summed E-state index contributed by atoms with van der Waals surface area (Å²) in [6.45, 7) is 2.54. The highest BCUT2D eigenvalue weighted by atomic mass is 16.5. The number of nitrogens with one attached hydrogen (secondary N) is 2. The van der Waals surface area contributed by atoms with Gasteiger partial charge in [-0.05, 0) is 32.9 Å². The summed E-state index contributed by atoms with van der Waals surface area (Å²) in [5.74, 6) is 0.757. The van der Waals surface area contributed by atoms with Gasteiger partial charge in [-0.25, -0.2) is 0 Å². The minimum absolute atomic E-state index is 0.0174. The molecule has 0 aromatic heterocycles. The number of para-hydroxylation sites is 1. The van der Waals surface area contributed by atoms with E-state index in [1.807, 2.05) is 31.3 Å². The highest BCUT2D eigenvalue weighted by Crippen LogP contribution is 2.20. The van der Waals surface area contributed by atoms with Crippen LogP contribution in [0.5, 0.6) is 5.75 Å². The third kappa shape index (κ3) is 3.97. The molecule has 1 atom stereocenters. The molecule has 1 aromatic carbocycles. The molecule has 1 aliphatic carbocycles. The number of ether oxygens (including phenoxy) is 1.